The molecule has 0 aromatic heterocycles. The van der Waals surface area contributed by atoms with Crippen molar-refractivity contribution in [3.05, 3.63) is 0 Å². The highest BCUT2D eigenvalue weighted by Gasteiger charge is 2.28. The first-order valence-corrected chi connectivity index (χ1v) is 6.70. The Bertz CT molecular complexity index is 157. The van der Waals surface area contributed by atoms with Crippen molar-refractivity contribution in [1.82, 2.24) is 0 Å². The Balaban J connectivity index is 2.46. The summed E-state index contributed by atoms with van der Waals surface area (Å²) < 4.78 is 10.9. The van der Waals surface area contributed by atoms with Crippen LogP contribution in [0.4, 0.5) is 0 Å². The second kappa shape index (κ2) is 8.04. The van der Waals surface area contributed by atoms with Gasteiger partial charge in [0, 0.05) is 13.2 Å². The third kappa shape index (κ3) is 4.40. The van der Waals surface area contributed by atoms with Gasteiger partial charge < -0.3 is 14.6 Å². The molecule has 1 saturated carbocycles. The Morgan fingerprint density at radius 3 is 1.94 bits per heavy atom. The second-order valence-electron chi connectivity index (χ2n) is 4.52. The van der Waals surface area contributed by atoms with Gasteiger partial charge in [0.25, 0.3) is 0 Å². The molecule has 0 saturated heterocycles. The van der Waals surface area contributed by atoms with E-state index in [1.807, 2.05) is 13.8 Å². The van der Waals surface area contributed by atoms with Gasteiger partial charge in [-0.25, -0.2) is 0 Å². The van der Waals surface area contributed by atoms with E-state index in [2.05, 4.69) is 0 Å². The number of rotatable bonds is 6. The summed E-state index contributed by atoms with van der Waals surface area (Å²) in [4.78, 5) is 0. The van der Waals surface area contributed by atoms with Gasteiger partial charge in [0.2, 0.25) is 0 Å². The summed E-state index contributed by atoms with van der Waals surface area (Å²) in [7, 11) is 0. The summed E-state index contributed by atoms with van der Waals surface area (Å²) in [5.74, 6) is 0.352. The van der Waals surface area contributed by atoms with Crippen LogP contribution in [0.25, 0.3) is 0 Å². The Morgan fingerprint density at radius 1 is 1.00 bits per heavy atom. The molecule has 0 heterocycles. The molecule has 0 aliphatic heterocycles. The van der Waals surface area contributed by atoms with Gasteiger partial charge in [0.1, 0.15) is 6.10 Å². The van der Waals surface area contributed by atoms with Gasteiger partial charge in [-0.1, -0.05) is 25.7 Å². The van der Waals surface area contributed by atoms with E-state index in [0.717, 1.165) is 12.8 Å². The predicted octanol–water partition coefficient (Wildman–Crippen LogP) is 2.72. The van der Waals surface area contributed by atoms with Crippen LogP contribution < -0.4 is 0 Å². The molecular formula is C13H26O3. The monoisotopic (exact) mass is 230 g/mol. The molecule has 3 heteroatoms. The van der Waals surface area contributed by atoms with Crippen molar-refractivity contribution in [2.45, 2.75) is 64.8 Å². The maximum atomic E-state index is 10.3. The molecule has 1 aliphatic carbocycles. The predicted molar refractivity (Wildman–Crippen MR) is 64.2 cm³/mol. The molecule has 1 N–H and O–H groups in total. The van der Waals surface area contributed by atoms with Crippen molar-refractivity contribution < 1.29 is 14.6 Å². The fourth-order valence-corrected chi connectivity index (χ4v) is 2.45. The number of hydrogen-bond donors (Lipinski definition) is 1. The van der Waals surface area contributed by atoms with Gasteiger partial charge in [-0.2, -0.15) is 0 Å². The van der Waals surface area contributed by atoms with E-state index in [9.17, 15) is 5.11 Å². The summed E-state index contributed by atoms with van der Waals surface area (Å²) in [5, 5.41) is 10.3. The van der Waals surface area contributed by atoms with Crippen LogP contribution in [0, 0.1) is 5.92 Å². The first-order valence-electron chi connectivity index (χ1n) is 6.70. The van der Waals surface area contributed by atoms with Gasteiger partial charge in [-0.3, -0.25) is 0 Å². The Morgan fingerprint density at radius 2 is 1.50 bits per heavy atom. The van der Waals surface area contributed by atoms with Crippen LogP contribution in [0.3, 0.4) is 0 Å². The lowest BCUT2D eigenvalue weighted by molar-refractivity contribution is -0.202. The first-order chi connectivity index (χ1) is 7.79. The zero-order valence-corrected chi connectivity index (χ0v) is 10.7. The molecule has 0 radical (unpaired) electrons. The number of aliphatic hydroxyl groups excluding tert-OH is 1. The number of hydrogen-bond acceptors (Lipinski definition) is 3. The molecule has 1 rings (SSSR count). The van der Waals surface area contributed by atoms with Crippen molar-refractivity contribution in [1.29, 1.82) is 0 Å². The minimum atomic E-state index is -0.460. The zero-order valence-electron chi connectivity index (χ0n) is 10.7. The molecule has 16 heavy (non-hydrogen) atoms. The van der Waals surface area contributed by atoms with Gasteiger partial charge in [-0.05, 0) is 32.6 Å². The van der Waals surface area contributed by atoms with Crippen molar-refractivity contribution >= 4 is 0 Å². The Kier molecular flexibility index (Phi) is 7.01. The third-order valence-electron chi connectivity index (χ3n) is 3.32. The van der Waals surface area contributed by atoms with Gasteiger partial charge in [0.05, 0.1) is 0 Å². The second-order valence-corrected chi connectivity index (χ2v) is 4.52. The largest absolute Gasteiger partial charge is 0.388 e. The minimum absolute atomic E-state index is 0.352. The molecule has 0 aromatic carbocycles. The summed E-state index contributed by atoms with van der Waals surface area (Å²) in [5.41, 5.74) is 0. The molecule has 3 nitrogen and oxygen atoms in total. The van der Waals surface area contributed by atoms with E-state index in [4.69, 9.17) is 9.47 Å². The summed E-state index contributed by atoms with van der Waals surface area (Å²) >= 11 is 0. The average molecular weight is 230 g/mol. The topological polar surface area (TPSA) is 38.7 Å². The molecule has 0 spiro atoms. The highest BCUT2D eigenvalue weighted by molar-refractivity contribution is 4.74. The van der Waals surface area contributed by atoms with E-state index < -0.39 is 12.4 Å². The van der Waals surface area contributed by atoms with Crippen LogP contribution in [0.15, 0.2) is 0 Å². The van der Waals surface area contributed by atoms with Gasteiger partial charge in [-0.15, -0.1) is 0 Å². The van der Waals surface area contributed by atoms with Crippen molar-refractivity contribution in [2.24, 2.45) is 5.92 Å². The smallest absolute Gasteiger partial charge is 0.183 e. The molecule has 0 aromatic rings. The zero-order chi connectivity index (χ0) is 11.8. The highest BCUT2D eigenvalue weighted by atomic mass is 16.7. The highest BCUT2D eigenvalue weighted by Crippen LogP contribution is 2.27. The standard InChI is InChI=1S/C13H26O3/c1-3-15-13(16-4-2)12(14)11-9-7-5-6-8-10-11/h11-14H,3-10H2,1-2H3. The molecule has 0 amide bonds. The van der Waals surface area contributed by atoms with E-state index in [1.165, 1.54) is 25.7 Å². The van der Waals surface area contributed by atoms with Crippen molar-refractivity contribution in [3.8, 4) is 0 Å². The molecular weight excluding hydrogens is 204 g/mol. The quantitative estimate of drug-likeness (QED) is 0.563. The summed E-state index contributed by atoms with van der Waals surface area (Å²) in [6.45, 7) is 5.06. The first kappa shape index (κ1) is 13.9. The normalized spacial score (nSPS) is 21.0. The van der Waals surface area contributed by atoms with Crippen LogP contribution >= 0.6 is 0 Å². The van der Waals surface area contributed by atoms with Gasteiger partial charge >= 0.3 is 0 Å². The number of aliphatic hydroxyl groups is 1. The maximum Gasteiger partial charge on any atom is 0.183 e. The number of ether oxygens (including phenoxy) is 2. The van der Waals surface area contributed by atoms with Crippen LogP contribution in [-0.2, 0) is 9.47 Å². The lowest BCUT2D eigenvalue weighted by Gasteiger charge is -2.28. The van der Waals surface area contributed by atoms with Crippen LogP contribution in [0.5, 0.6) is 0 Å². The van der Waals surface area contributed by atoms with E-state index in [0.29, 0.717) is 19.1 Å². The van der Waals surface area contributed by atoms with E-state index >= 15 is 0 Å². The Hall–Kier alpha value is -0.120. The van der Waals surface area contributed by atoms with Crippen molar-refractivity contribution in [3.63, 3.8) is 0 Å². The van der Waals surface area contributed by atoms with Crippen LogP contribution in [-0.4, -0.2) is 30.7 Å². The fraction of sp³-hybridized carbons (Fsp3) is 1.00. The summed E-state index contributed by atoms with van der Waals surface area (Å²) in [6, 6.07) is 0. The minimum Gasteiger partial charge on any atom is -0.388 e. The van der Waals surface area contributed by atoms with Gasteiger partial charge in [0.15, 0.2) is 6.29 Å². The van der Waals surface area contributed by atoms with Crippen LogP contribution in [0.2, 0.25) is 0 Å². The Labute approximate surface area is 99.1 Å². The van der Waals surface area contributed by atoms with Crippen molar-refractivity contribution in [2.75, 3.05) is 13.2 Å². The molecule has 1 atom stereocenters. The summed E-state index contributed by atoms with van der Waals surface area (Å²) in [6.07, 6.45) is 6.39. The van der Waals surface area contributed by atoms with E-state index in [-0.39, 0.29) is 0 Å². The fourth-order valence-electron chi connectivity index (χ4n) is 2.45. The lowest BCUT2D eigenvalue weighted by atomic mass is 9.93. The van der Waals surface area contributed by atoms with Crippen LogP contribution in [0.1, 0.15) is 52.4 Å². The molecule has 1 fully saturated rings. The molecule has 0 bridgehead atoms. The molecule has 1 unspecified atom stereocenters. The molecule has 96 valence electrons. The molecule has 1 aliphatic rings. The maximum absolute atomic E-state index is 10.3. The average Bonchev–Trinajstić information content (AvgIpc) is 2.56. The van der Waals surface area contributed by atoms with E-state index in [1.54, 1.807) is 0 Å². The third-order valence-corrected chi connectivity index (χ3v) is 3.32. The lowest BCUT2D eigenvalue weighted by Crippen LogP contribution is -2.37. The SMILES string of the molecule is CCOC(OCC)C(O)C1CCCCCC1.